The minimum absolute atomic E-state index is 0.178. The summed E-state index contributed by atoms with van der Waals surface area (Å²) >= 11 is 0. The van der Waals surface area contributed by atoms with Crippen LogP contribution in [0.1, 0.15) is 219 Å². The van der Waals surface area contributed by atoms with Gasteiger partial charge in [0.1, 0.15) is 13.2 Å². The minimum Gasteiger partial charge on any atom is -0.477 e. The van der Waals surface area contributed by atoms with Gasteiger partial charge in [0, 0.05) is 12.8 Å². The first-order valence-electron chi connectivity index (χ1n) is 24.5. The molecule has 0 radical (unpaired) electrons. The van der Waals surface area contributed by atoms with Crippen molar-refractivity contribution < 1.29 is 42.9 Å². The Morgan fingerprint density at radius 2 is 0.915 bits per heavy atom. The molecule has 1 N–H and O–H groups in total. The SMILES string of the molecule is CCCCCCC/C=C\C/C=C\CCCCCCCCCCCCCC(=O)OC(COC(=O)CCCCCCCCCCCCC)COC(OCC[N+](C)(C)C)C(=O)O. The number of allylic oxidation sites excluding steroid dienone is 4. The van der Waals surface area contributed by atoms with Gasteiger partial charge in [-0.15, -0.1) is 0 Å². The van der Waals surface area contributed by atoms with Crippen LogP contribution in [0.4, 0.5) is 0 Å². The molecular formula is C50H94NO8+. The van der Waals surface area contributed by atoms with Gasteiger partial charge in [-0.3, -0.25) is 9.59 Å². The number of carboxylic acid groups (broad SMARTS) is 1. The number of rotatable bonds is 45. The molecule has 9 heteroatoms. The Hall–Kier alpha value is -2.23. The van der Waals surface area contributed by atoms with Gasteiger partial charge in [-0.2, -0.15) is 0 Å². The van der Waals surface area contributed by atoms with E-state index in [9.17, 15) is 19.5 Å². The molecule has 346 valence electrons. The molecule has 0 saturated heterocycles. The lowest BCUT2D eigenvalue weighted by Crippen LogP contribution is -2.40. The number of hydrogen-bond donors (Lipinski definition) is 1. The summed E-state index contributed by atoms with van der Waals surface area (Å²) in [5, 5.41) is 9.64. The molecule has 0 aromatic heterocycles. The van der Waals surface area contributed by atoms with Crippen molar-refractivity contribution in [1.82, 2.24) is 0 Å². The Morgan fingerprint density at radius 3 is 1.34 bits per heavy atom. The van der Waals surface area contributed by atoms with Crippen molar-refractivity contribution in [3.8, 4) is 0 Å². The second-order valence-corrected chi connectivity index (χ2v) is 17.8. The zero-order valence-corrected chi connectivity index (χ0v) is 39.2. The average Bonchev–Trinajstić information content (AvgIpc) is 3.19. The number of carbonyl (C=O) groups excluding carboxylic acids is 2. The van der Waals surface area contributed by atoms with Gasteiger partial charge in [-0.25, -0.2) is 4.79 Å². The fraction of sp³-hybridized carbons (Fsp3) is 0.860. The molecule has 0 amide bonds. The Balaban J connectivity index is 4.28. The molecule has 0 aliphatic heterocycles. The van der Waals surface area contributed by atoms with E-state index in [2.05, 4.69) is 38.2 Å². The predicted octanol–water partition coefficient (Wildman–Crippen LogP) is 13.2. The topological polar surface area (TPSA) is 108 Å². The largest absolute Gasteiger partial charge is 0.477 e. The van der Waals surface area contributed by atoms with Crippen LogP contribution in [-0.2, 0) is 33.3 Å². The third kappa shape index (κ3) is 43.7. The van der Waals surface area contributed by atoms with Crippen LogP contribution in [-0.4, -0.2) is 87.4 Å². The van der Waals surface area contributed by atoms with E-state index in [1.54, 1.807) is 0 Å². The van der Waals surface area contributed by atoms with Crippen molar-refractivity contribution >= 4 is 17.9 Å². The van der Waals surface area contributed by atoms with E-state index in [1.807, 2.05) is 21.1 Å². The molecule has 0 spiro atoms. The number of likely N-dealkylation sites (N-methyl/N-ethyl adjacent to an activating group) is 1. The quantitative estimate of drug-likeness (QED) is 0.0212. The molecule has 9 nitrogen and oxygen atoms in total. The molecular weight excluding hydrogens is 743 g/mol. The Bertz CT molecular complexity index is 1020. The molecule has 0 heterocycles. The lowest BCUT2D eigenvalue weighted by Gasteiger charge is -2.25. The fourth-order valence-electron chi connectivity index (χ4n) is 6.87. The van der Waals surface area contributed by atoms with Crippen molar-refractivity contribution in [2.24, 2.45) is 0 Å². The number of hydrogen-bond acceptors (Lipinski definition) is 7. The van der Waals surface area contributed by atoms with Crippen LogP contribution >= 0.6 is 0 Å². The number of unbranched alkanes of at least 4 members (excludes halogenated alkanes) is 26. The van der Waals surface area contributed by atoms with Crippen LogP contribution in [0.25, 0.3) is 0 Å². The van der Waals surface area contributed by atoms with Crippen LogP contribution in [0.3, 0.4) is 0 Å². The summed E-state index contributed by atoms with van der Waals surface area (Å²) in [5.41, 5.74) is 0. The molecule has 0 fully saturated rings. The highest BCUT2D eigenvalue weighted by molar-refractivity contribution is 5.71. The Labute approximate surface area is 363 Å². The van der Waals surface area contributed by atoms with Crippen LogP contribution in [0, 0.1) is 0 Å². The van der Waals surface area contributed by atoms with E-state index in [1.165, 1.54) is 148 Å². The molecule has 2 atom stereocenters. The molecule has 0 aliphatic carbocycles. The summed E-state index contributed by atoms with van der Waals surface area (Å²) in [4.78, 5) is 37.1. The van der Waals surface area contributed by atoms with E-state index >= 15 is 0 Å². The fourth-order valence-corrected chi connectivity index (χ4v) is 6.87. The number of ether oxygens (including phenoxy) is 4. The van der Waals surface area contributed by atoms with Gasteiger partial charge in [0.2, 0.25) is 0 Å². The average molecular weight is 837 g/mol. The Morgan fingerprint density at radius 1 is 0.508 bits per heavy atom. The molecule has 0 saturated carbocycles. The van der Waals surface area contributed by atoms with Crippen LogP contribution in [0.2, 0.25) is 0 Å². The van der Waals surface area contributed by atoms with Crippen molar-refractivity contribution in [1.29, 1.82) is 0 Å². The van der Waals surface area contributed by atoms with Gasteiger partial charge in [0.25, 0.3) is 6.29 Å². The zero-order chi connectivity index (χ0) is 43.5. The highest BCUT2D eigenvalue weighted by Crippen LogP contribution is 2.15. The van der Waals surface area contributed by atoms with Crippen molar-refractivity contribution in [2.45, 2.75) is 232 Å². The number of carbonyl (C=O) groups is 3. The standard InChI is InChI=1S/C50H93NO8/c1-6-8-10-12-14-16-18-19-20-21-22-23-24-25-26-27-28-29-31-33-35-37-39-41-48(53)59-46(45-58-50(49(54)55)56-43-42-51(3,4)5)44-57-47(52)40-38-36-34-32-30-17-15-13-11-9-7-2/h18-19,21-22,46,50H,6-17,20,23-45H2,1-5H3/p+1/b19-18-,22-21-. The van der Waals surface area contributed by atoms with Crippen LogP contribution in [0.15, 0.2) is 24.3 Å². The number of carboxylic acids is 1. The van der Waals surface area contributed by atoms with Crippen molar-refractivity contribution in [3.05, 3.63) is 24.3 Å². The summed E-state index contributed by atoms with van der Waals surface area (Å²) in [6.07, 6.45) is 43.8. The van der Waals surface area contributed by atoms with E-state index < -0.39 is 24.3 Å². The normalized spacial score (nSPS) is 13.0. The monoisotopic (exact) mass is 837 g/mol. The highest BCUT2D eigenvalue weighted by Gasteiger charge is 2.25. The van der Waals surface area contributed by atoms with E-state index in [0.29, 0.717) is 17.4 Å². The molecule has 0 aliphatic rings. The molecule has 59 heavy (non-hydrogen) atoms. The summed E-state index contributed by atoms with van der Waals surface area (Å²) in [6.45, 7) is 4.87. The van der Waals surface area contributed by atoms with E-state index in [-0.39, 0.29) is 32.2 Å². The van der Waals surface area contributed by atoms with Gasteiger partial charge < -0.3 is 28.5 Å². The summed E-state index contributed by atoms with van der Waals surface area (Å²) in [5.74, 6) is -2.00. The maximum absolute atomic E-state index is 12.8. The number of quaternary nitrogens is 1. The lowest BCUT2D eigenvalue weighted by atomic mass is 10.0. The number of nitrogens with zero attached hydrogens (tertiary/aromatic N) is 1. The van der Waals surface area contributed by atoms with Gasteiger partial charge in [0.15, 0.2) is 6.10 Å². The predicted molar refractivity (Wildman–Crippen MR) is 244 cm³/mol. The van der Waals surface area contributed by atoms with Gasteiger partial charge >= 0.3 is 17.9 Å². The number of aliphatic carboxylic acids is 1. The maximum atomic E-state index is 12.8. The van der Waals surface area contributed by atoms with E-state index in [4.69, 9.17) is 18.9 Å². The Kier molecular flexibility index (Phi) is 40.9. The van der Waals surface area contributed by atoms with Gasteiger partial charge in [-0.05, 0) is 44.9 Å². The first-order chi connectivity index (χ1) is 28.6. The van der Waals surface area contributed by atoms with Gasteiger partial charge in [0.05, 0.1) is 34.4 Å². The lowest BCUT2D eigenvalue weighted by molar-refractivity contribution is -0.870. The van der Waals surface area contributed by atoms with E-state index in [0.717, 1.165) is 44.9 Å². The molecule has 2 unspecified atom stereocenters. The highest BCUT2D eigenvalue weighted by atomic mass is 16.7. The van der Waals surface area contributed by atoms with Crippen molar-refractivity contribution in [3.63, 3.8) is 0 Å². The second-order valence-electron chi connectivity index (χ2n) is 17.8. The van der Waals surface area contributed by atoms with Crippen LogP contribution in [0.5, 0.6) is 0 Å². The number of esters is 2. The summed E-state index contributed by atoms with van der Waals surface area (Å²) in [6, 6.07) is 0. The molecule has 0 rings (SSSR count). The molecule has 0 bridgehead atoms. The molecule has 0 aromatic rings. The second kappa shape index (κ2) is 42.5. The third-order valence-electron chi connectivity index (χ3n) is 10.7. The smallest absolute Gasteiger partial charge is 0.361 e. The van der Waals surface area contributed by atoms with Gasteiger partial charge in [-0.1, -0.05) is 186 Å². The van der Waals surface area contributed by atoms with Crippen molar-refractivity contribution in [2.75, 3.05) is 47.5 Å². The summed E-state index contributed by atoms with van der Waals surface area (Å²) < 4.78 is 22.8. The summed E-state index contributed by atoms with van der Waals surface area (Å²) in [7, 11) is 5.96. The first kappa shape index (κ1) is 56.8. The third-order valence-corrected chi connectivity index (χ3v) is 10.7. The molecule has 0 aromatic carbocycles. The zero-order valence-electron chi connectivity index (χ0n) is 39.2. The maximum Gasteiger partial charge on any atom is 0.361 e. The minimum atomic E-state index is -1.51. The first-order valence-corrected chi connectivity index (χ1v) is 24.5. The van der Waals surface area contributed by atoms with Crippen LogP contribution < -0.4 is 0 Å².